The van der Waals surface area contributed by atoms with Crippen molar-refractivity contribution in [3.63, 3.8) is 0 Å². The fourth-order valence-corrected chi connectivity index (χ4v) is 3.21. The summed E-state index contributed by atoms with van der Waals surface area (Å²) >= 11 is 0. The number of aromatic nitrogens is 2. The summed E-state index contributed by atoms with van der Waals surface area (Å²) in [5.74, 6) is 0.363. The maximum atomic E-state index is 10.7. The highest BCUT2D eigenvalue weighted by atomic mass is 16.5. The number of carboxylic acids is 1. The molecule has 0 atom stereocenters. The standard InChI is InChI=1S/C24H20N2O3/c27-22(28)16-29-20-13-7-8-17(14-20)15-21-25-23(18-9-3-1-4-10-18)24(26-21)19-11-5-2-6-12-19/h1-14H,15-16H2,(H,25,26)(H,27,28). The highest BCUT2D eigenvalue weighted by Crippen LogP contribution is 2.30. The van der Waals surface area contributed by atoms with Gasteiger partial charge in [0.1, 0.15) is 11.6 Å². The van der Waals surface area contributed by atoms with Gasteiger partial charge in [0, 0.05) is 17.5 Å². The van der Waals surface area contributed by atoms with Crippen LogP contribution in [0.2, 0.25) is 0 Å². The second-order valence-electron chi connectivity index (χ2n) is 6.65. The van der Waals surface area contributed by atoms with Crippen LogP contribution in [0.5, 0.6) is 5.75 Å². The smallest absolute Gasteiger partial charge is 0.341 e. The maximum absolute atomic E-state index is 10.7. The number of nitrogens with one attached hydrogen (secondary N) is 1. The second kappa shape index (κ2) is 8.44. The maximum Gasteiger partial charge on any atom is 0.341 e. The number of H-pyrrole nitrogens is 1. The topological polar surface area (TPSA) is 75.2 Å². The Labute approximate surface area is 168 Å². The van der Waals surface area contributed by atoms with E-state index in [1.807, 2.05) is 66.7 Å². The van der Waals surface area contributed by atoms with E-state index in [1.54, 1.807) is 6.07 Å². The Balaban J connectivity index is 1.66. The third kappa shape index (κ3) is 4.52. The zero-order valence-electron chi connectivity index (χ0n) is 15.7. The van der Waals surface area contributed by atoms with Gasteiger partial charge in [-0.25, -0.2) is 9.78 Å². The fraction of sp³-hybridized carbons (Fsp3) is 0.0833. The number of rotatable bonds is 7. The average molecular weight is 384 g/mol. The van der Waals surface area contributed by atoms with Crippen LogP contribution in [0.25, 0.3) is 22.5 Å². The van der Waals surface area contributed by atoms with E-state index in [9.17, 15) is 4.79 Å². The first-order valence-electron chi connectivity index (χ1n) is 9.32. The number of carbonyl (C=O) groups is 1. The summed E-state index contributed by atoms with van der Waals surface area (Å²) in [6.07, 6.45) is 0.580. The Bertz CT molecular complexity index is 1050. The largest absolute Gasteiger partial charge is 0.482 e. The first kappa shape index (κ1) is 18.5. The van der Waals surface area contributed by atoms with Gasteiger partial charge in [-0.1, -0.05) is 72.8 Å². The van der Waals surface area contributed by atoms with Gasteiger partial charge >= 0.3 is 5.97 Å². The van der Waals surface area contributed by atoms with E-state index in [0.29, 0.717) is 12.2 Å². The zero-order valence-corrected chi connectivity index (χ0v) is 15.7. The molecule has 4 rings (SSSR count). The summed E-state index contributed by atoms with van der Waals surface area (Å²) < 4.78 is 5.28. The lowest BCUT2D eigenvalue weighted by Crippen LogP contribution is -2.09. The van der Waals surface area contributed by atoms with Crippen molar-refractivity contribution in [2.24, 2.45) is 0 Å². The molecule has 0 saturated carbocycles. The molecule has 0 unspecified atom stereocenters. The van der Waals surface area contributed by atoms with Gasteiger partial charge in [0.05, 0.1) is 11.4 Å². The van der Waals surface area contributed by atoms with Gasteiger partial charge in [0.2, 0.25) is 0 Å². The molecule has 5 heteroatoms. The number of aliphatic carboxylic acids is 1. The van der Waals surface area contributed by atoms with Crippen molar-refractivity contribution < 1.29 is 14.6 Å². The van der Waals surface area contributed by atoms with Crippen molar-refractivity contribution in [2.45, 2.75) is 6.42 Å². The number of aromatic amines is 1. The monoisotopic (exact) mass is 384 g/mol. The van der Waals surface area contributed by atoms with E-state index >= 15 is 0 Å². The molecule has 0 aliphatic carbocycles. The molecule has 29 heavy (non-hydrogen) atoms. The first-order chi connectivity index (χ1) is 14.2. The van der Waals surface area contributed by atoms with Gasteiger partial charge < -0.3 is 14.8 Å². The van der Waals surface area contributed by atoms with Gasteiger partial charge in [-0.3, -0.25) is 0 Å². The summed E-state index contributed by atoms with van der Waals surface area (Å²) in [6.45, 7) is -0.361. The third-order valence-corrected chi connectivity index (χ3v) is 4.49. The van der Waals surface area contributed by atoms with Crippen LogP contribution >= 0.6 is 0 Å². The summed E-state index contributed by atoms with van der Waals surface area (Å²) in [4.78, 5) is 19.1. The third-order valence-electron chi connectivity index (χ3n) is 4.49. The van der Waals surface area contributed by atoms with Crippen LogP contribution < -0.4 is 4.74 Å². The predicted molar refractivity (Wildman–Crippen MR) is 112 cm³/mol. The first-order valence-corrected chi connectivity index (χ1v) is 9.32. The predicted octanol–water partition coefficient (Wildman–Crippen LogP) is 4.80. The lowest BCUT2D eigenvalue weighted by atomic mass is 10.1. The normalized spacial score (nSPS) is 10.6. The molecule has 0 saturated heterocycles. The van der Waals surface area contributed by atoms with Crippen molar-refractivity contribution in [1.29, 1.82) is 0 Å². The van der Waals surface area contributed by atoms with E-state index in [-0.39, 0.29) is 6.61 Å². The van der Waals surface area contributed by atoms with Gasteiger partial charge in [0.15, 0.2) is 6.61 Å². The Kier molecular flexibility index (Phi) is 5.38. The number of carboxylic acid groups (broad SMARTS) is 1. The molecule has 0 aliphatic rings. The Hall–Kier alpha value is -3.86. The molecule has 0 bridgehead atoms. The number of imidazole rings is 1. The van der Waals surface area contributed by atoms with E-state index in [2.05, 4.69) is 17.1 Å². The number of hydrogen-bond donors (Lipinski definition) is 2. The van der Waals surface area contributed by atoms with Crippen molar-refractivity contribution >= 4 is 5.97 Å². The van der Waals surface area contributed by atoms with Gasteiger partial charge in [-0.2, -0.15) is 0 Å². The zero-order chi connectivity index (χ0) is 20.1. The van der Waals surface area contributed by atoms with Crippen LogP contribution in [0, 0.1) is 0 Å². The molecule has 0 radical (unpaired) electrons. The summed E-state index contributed by atoms with van der Waals surface area (Å²) in [7, 11) is 0. The van der Waals surface area contributed by atoms with E-state index < -0.39 is 5.97 Å². The molecule has 0 fully saturated rings. The molecule has 0 amide bonds. The number of ether oxygens (including phenoxy) is 1. The molecular formula is C24H20N2O3. The molecule has 2 N–H and O–H groups in total. The van der Waals surface area contributed by atoms with Crippen LogP contribution in [0.15, 0.2) is 84.9 Å². The Morgan fingerprint density at radius 2 is 1.59 bits per heavy atom. The van der Waals surface area contributed by atoms with E-state index in [1.165, 1.54) is 0 Å². The van der Waals surface area contributed by atoms with Crippen LogP contribution in [-0.2, 0) is 11.2 Å². The molecule has 3 aromatic carbocycles. The van der Waals surface area contributed by atoms with Crippen molar-refractivity contribution in [3.05, 3.63) is 96.3 Å². The lowest BCUT2D eigenvalue weighted by Gasteiger charge is -2.05. The average Bonchev–Trinajstić information content (AvgIpc) is 3.17. The summed E-state index contributed by atoms with van der Waals surface area (Å²) in [5, 5.41) is 8.79. The summed E-state index contributed by atoms with van der Waals surface area (Å²) in [5.41, 5.74) is 4.99. The lowest BCUT2D eigenvalue weighted by molar-refractivity contribution is -0.139. The Morgan fingerprint density at radius 1 is 0.897 bits per heavy atom. The number of benzene rings is 3. The van der Waals surface area contributed by atoms with Crippen LogP contribution in [0.1, 0.15) is 11.4 Å². The van der Waals surface area contributed by atoms with Gasteiger partial charge in [-0.15, -0.1) is 0 Å². The van der Waals surface area contributed by atoms with Crippen LogP contribution in [-0.4, -0.2) is 27.7 Å². The van der Waals surface area contributed by atoms with Crippen molar-refractivity contribution in [2.75, 3.05) is 6.61 Å². The minimum Gasteiger partial charge on any atom is -0.482 e. The van der Waals surface area contributed by atoms with Crippen LogP contribution in [0.3, 0.4) is 0 Å². The second-order valence-corrected chi connectivity index (χ2v) is 6.65. The quantitative estimate of drug-likeness (QED) is 0.480. The number of nitrogens with zero attached hydrogens (tertiary/aromatic N) is 1. The molecule has 1 heterocycles. The SMILES string of the molecule is O=C(O)COc1cccc(Cc2nc(-c3ccccc3)c(-c3ccccc3)[nH]2)c1. The molecular weight excluding hydrogens is 364 g/mol. The molecule has 5 nitrogen and oxygen atoms in total. The molecule has 1 aromatic heterocycles. The van der Waals surface area contributed by atoms with Crippen LogP contribution in [0.4, 0.5) is 0 Å². The Morgan fingerprint density at radius 3 is 2.28 bits per heavy atom. The van der Waals surface area contributed by atoms with Gasteiger partial charge in [0.25, 0.3) is 0 Å². The van der Waals surface area contributed by atoms with Crippen molar-refractivity contribution in [1.82, 2.24) is 9.97 Å². The highest BCUT2D eigenvalue weighted by Gasteiger charge is 2.14. The molecule has 4 aromatic rings. The van der Waals surface area contributed by atoms with Gasteiger partial charge in [-0.05, 0) is 17.7 Å². The minimum absolute atomic E-state index is 0.361. The van der Waals surface area contributed by atoms with E-state index in [0.717, 1.165) is 33.9 Å². The number of hydrogen-bond acceptors (Lipinski definition) is 3. The van der Waals surface area contributed by atoms with Crippen molar-refractivity contribution in [3.8, 4) is 28.3 Å². The fourth-order valence-electron chi connectivity index (χ4n) is 3.21. The van der Waals surface area contributed by atoms with E-state index in [4.69, 9.17) is 14.8 Å². The molecule has 0 spiro atoms. The highest BCUT2D eigenvalue weighted by molar-refractivity contribution is 5.78. The minimum atomic E-state index is -0.999. The summed E-state index contributed by atoms with van der Waals surface area (Å²) in [6, 6.07) is 27.6. The molecule has 0 aliphatic heterocycles. The molecule has 144 valence electrons.